The van der Waals surface area contributed by atoms with Crippen molar-refractivity contribution in [1.82, 2.24) is 0 Å². The number of hydrogen-bond donors (Lipinski definition) is 1. The standard InChI is InChI=1S/C22H28NO4P/c1-14(24)27-22(13-23)11-8-19-17-5-4-15-12-16(28(25)26)6-9-20(15,2)18(17)7-10-21(19,22)3/h4,12,17-19H,5-11H2,1-3H3/p+1/t17-,18-,19+,20+,21+,22?/m1/s1. The Hall–Kier alpha value is -1.50. The van der Waals surface area contributed by atoms with E-state index in [1.54, 1.807) is 0 Å². The molecule has 0 bridgehead atoms. The maximum absolute atomic E-state index is 11.8. The monoisotopic (exact) mass is 402 g/mol. The summed E-state index contributed by atoms with van der Waals surface area (Å²) in [7, 11) is -2.25. The Labute approximate surface area is 167 Å². The van der Waals surface area contributed by atoms with Crippen LogP contribution in [-0.4, -0.2) is 16.5 Å². The van der Waals surface area contributed by atoms with E-state index in [2.05, 4.69) is 26.0 Å². The number of ether oxygens (including phenoxy) is 1. The fraction of sp³-hybridized carbons (Fsp3) is 0.727. The number of rotatable bonds is 2. The molecule has 0 aromatic rings. The van der Waals surface area contributed by atoms with Crippen LogP contribution >= 0.6 is 8.03 Å². The first-order valence-electron chi connectivity index (χ1n) is 10.3. The van der Waals surface area contributed by atoms with E-state index in [4.69, 9.17) is 4.74 Å². The first kappa shape index (κ1) is 19.8. The predicted molar refractivity (Wildman–Crippen MR) is 105 cm³/mol. The lowest BCUT2D eigenvalue weighted by Gasteiger charge is -2.57. The molecule has 150 valence electrons. The van der Waals surface area contributed by atoms with Gasteiger partial charge in [0.15, 0.2) is 0 Å². The first-order valence-corrected chi connectivity index (χ1v) is 11.6. The van der Waals surface area contributed by atoms with E-state index in [1.165, 1.54) is 12.5 Å². The number of esters is 1. The number of hydrogen-bond acceptors (Lipinski definition) is 4. The highest BCUT2D eigenvalue weighted by molar-refractivity contribution is 7.43. The van der Waals surface area contributed by atoms with Gasteiger partial charge in [-0.25, -0.2) is 0 Å². The molecule has 6 heteroatoms. The largest absolute Gasteiger partial charge is 0.541 e. The molecule has 0 heterocycles. The lowest BCUT2D eigenvalue weighted by molar-refractivity contribution is -0.168. The molecule has 4 aliphatic carbocycles. The first-order chi connectivity index (χ1) is 13.2. The van der Waals surface area contributed by atoms with Gasteiger partial charge >= 0.3 is 14.0 Å². The molecule has 0 aromatic carbocycles. The number of nitriles is 1. The third-order valence-electron chi connectivity index (χ3n) is 8.61. The summed E-state index contributed by atoms with van der Waals surface area (Å²) in [5.41, 5.74) is -0.0619. The maximum atomic E-state index is 11.8. The molecule has 4 aliphatic rings. The Balaban J connectivity index is 1.69. The van der Waals surface area contributed by atoms with Gasteiger partial charge in [0.05, 0.1) is 0 Å². The minimum Gasteiger partial charge on any atom is -0.443 e. The highest BCUT2D eigenvalue weighted by Crippen LogP contribution is 2.67. The zero-order chi connectivity index (χ0) is 20.3. The van der Waals surface area contributed by atoms with E-state index in [0.29, 0.717) is 35.9 Å². The van der Waals surface area contributed by atoms with Crippen LogP contribution in [0.15, 0.2) is 23.0 Å². The molecule has 0 spiro atoms. The van der Waals surface area contributed by atoms with Crippen molar-refractivity contribution in [1.29, 1.82) is 5.26 Å². The van der Waals surface area contributed by atoms with Gasteiger partial charge in [-0.2, -0.15) is 10.2 Å². The van der Waals surface area contributed by atoms with Gasteiger partial charge in [0, 0.05) is 25.2 Å². The summed E-state index contributed by atoms with van der Waals surface area (Å²) >= 11 is 0. The molecule has 7 atom stereocenters. The molecule has 2 unspecified atom stereocenters. The zero-order valence-corrected chi connectivity index (χ0v) is 17.8. The van der Waals surface area contributed by atoms with Crippen LogP contribution < -0.4 is 0 Å². The van der Waals surface area contributed by atoms with Crippen molar-refractivity contribution in [3.63, 3.8) is 0 Å². The van der Waals surface area contributed by atoms with Gasteiger partial charge in [0.25, 0.3) is 0 Å². The molecular weight excluding hydrogens is 373 g/mol. The van der Waals surface area contributed by atoms with E-state index in [9.17, 15) is 19.5 Å². The lowest BCUT2D eigenvalue weighted by Crippen LogP contribution is -2.54. The molecule has 0 aliphatic heterocycles. The number of fused-ring (bicyclic) bond motifs is 5. The van der Waals surface area contributed by atoms with Gasteiger partial charge in [-0.05, 0) is 71.5 Å². The zero-order valence-electron chi connectivity index (χ0n) is 16.9. The molecule has 0 aromatic heterocycles. The van der Waals surface area contributed by atoms with Crippen molar-refractivity contribution in [2.24, 2.45) is 28.6 Å². The van der Waals surface area contributed by atoms with Crippen LogP contribution in [0.2, 0.25) is 0 Å². The van der Waals surface area contributed by atoms with E-state index >= 15 is 0 Å². The number of nitrogens with zero attached hydrogens (tertiary/aromatic N) is 1. The summed E-state index contributed by atoms with van der Waals surface area (Å²) in [6.07, 6.45) is 10.2. The SMILES string of the molecule is CC(=O)OC1(C#N)CC[C@H]2[C@@H]3CC=C4C=C([P+](=O)O)CC[C@]4(C)[C@@H]3CC[C@@]21C. The Kier molecular flexibility index (Phi) is 4.60. The van der Waals surface area contributed by atoms with Crippen molar-refractivity contribution in [2.75, 3.05) is 0 Å². The van der Waals surface area contributed by atoms with Crippen molar-refractivity contribution in [3.05, 3.63) is 23.0 Å². The summed E-state index contributed by atoms with van der Waals surface area (Å²) in [5, 5.41) is 10.7. The maximum Gasteiger partial charge on any atom is 0.541 e. The normalized spacial score (nSPS) is 44.8. The molecule has 5 nitrogen and oxygen atoms in total. The van der Waals surface area contributed by atoms with Gasteiger partial charge in [-0.15, -0.1) is 0 Å². The van der Waals surface area contributed by atoms with Crippen LogP contribution in [0.5, 0.6) is 0 Å². The van der Waals surface area contributed by atoms with Gasteiger partial charge in [0.2, 0.25) is 10.9 Å². The third-order valence-corrected chi connectivity index (χ3v) is 9.46. The second kappa shape index (κ2) is 6.51. The number of carbonyl (C=O) groups excluding carboxylic acids is 1. The Morgan fingerprint density at radius 3 is 2.64 bits per heavy atom. The van der Waals surface area contributed by atoms with Crippen molar-refractivity contribution in [2.45, 2.75) is 71.3 Å². The molecule has 0 radical (unpaired) electrons. The molecule has 2 saturated carbocycles. The lowest BCUT2D eigenvalue weighted by atomic mass is 9.47. The third kappa shape index (κ3) is 2.57. The van der Waals surface area contributed by atoms with E-state index in [-0.39, 0.29) is 16.8 Å². The van der Waals surface area contributed by atoms with Crippen molar-refractivity contribution in [3.8, 4) is 6.07 Å². The molecule has 2 fully saturated rings. The highest BCUT2D eigenvalue weighted by Gasteiger charge is 2.66. The van der Waals surface area contributed by atoms with Crippen LogP contribution in [0.4, 0.5) is 0 Å². The van der Waals surface area contributed by atoms with Crippen LogP contribution in [0, 0.1) is 39.9 Å². The van der Waals surface area contributed by atoms with Gasteiger partial charge in [0.1, 0.15) is 6.07 Å². The minimum atomic E-state index is -2.25. The summed E-state index contributed by atoms with van der Waals surface area (Å²) in [4.78, 5) is 21.3. The summed E-state index contributed by atoms with van der Waals surface area (Å²) < 4.78 is 17.3. The molecular formula is C22H29NO4P+. The fourth-order valence-corrected chi connectivity index (χ4v) is 7.63. The van der Waals surface area contributed by atoms with Crippen LogP contribution in [-0.2, 0) is 14.1 Å². The van der Waals surface area contributed by atoms with E-state index < -0.39 is 13.6 Å². The molecule has 4 rings (SSSR count). The average Bonchev–Trinajstić information content (AvgIpc) is 2.93. The summed E-state index contributed by atoms with van der Waals surface area (Å²) in [6, 6.07) is 2.40. The van der Waals surface area contributed by atoms with Crippen LogP contribution in [0.1, 0.15) is 65.7 Å². The van der Waals surface area contributed by atoms with Crippen molar-refractivity contribution < 1.29 is 19.0 Å². The molecule has 0 amide bonds. The summed E-state index contributed by atoms with van der Waals surface area (Å²) in [6.45, 7) is 5.87. The Morgan fingerprint density at radius 1 is 1.29 bits per heavy atom. The van der Waals surface area contributed by atoms with Gasteiger partial charge in [-0.3, -0.25) is 4.79 Å². The Bertz CT molecular complexity index is 842. The Morgan fingerprint density at radius 2 is 2.00 bits per heavy atom. The quantitative estimate of drug-likeness (QED) is 0.519. The smallest absolute Gasteiger partial charge is 0.443 e. The predicted octanol–water partition coefficient (Wildman–Crippen LogP) is 5.00. The summed E-state index contributed by atoms with van der Waals surface area (Å²) in [5.74, 6) is 0.967. The number of carbonyl (C=O) groups is 1. The highest BCUT2D eigenvalue weighted by atomic mass is 31.1. The fourth-order valence-electron chi connectivity index (χ4n) is 7.08. The minimum absolute atomic E-state index is 0.0262. The van der Waals surface area contributed by atoms with E-state index in [1.807, 2.05) is 6.08 Å². The van der Waals surface area contributed by atoms with Crippen LogP contribution in [0.25, 0.3) is 0 Å². The van der Waals surface area contributed by atoms with Gasteiger partial charge in [-0.1, -0.05) is 19.9 Å². The molecule has 28 heavy (non-hydrogen) atoms. The number of allylic oxidation sites excluding steroid dienone is 4. The van der Waals surface area contributed by atoms with Crippen molar-refractivity contribution >= 4 is 14.0 Å². The second-order valence-electron chi connectivity index (χ2n) is 9.63. The topological polar surface area (TPSA) is 87.4 Å². The van der Waals surface area contributed by atoms with Crippen LogP contribution in [0.3, 0.4) is 0 Å². The average molecular weight is 402 g/mol. The molecule has 0 saturated heterocycles. The molecule has 1 N–H and O–H groups in total. The van der Waals surface area contributed by atoms with E-state index in [0.717, 1.165) is 32.1 Å². The van der Waals surface area contributed by atoms with Gasteiger partial charge < -0.3 is 4.74 Å². The second-order valence-corrected chi connectivity index (χ2v) is 10.7.